The molecule has 10 aromatic carbocycles. The molecule has 2 aromatic heterocycles. The van der Waals surface area contributed by atoms with E-state index < -0.39 is 0 Å². The third-order valence-corrected chi connectivity index (χ3v) is 12.9. The Kier molecular flexibility index (Phi) is 7.13. The minimum absolute atomic E-state index is 0.897. The van der Waals surface area contributed by atoms with Crippen LogP contribution in [0.15, 0.2) is 205 Å². The van der Waals surface area contributed by atoms with Gasteiger partial charge >= 0.3 is 0 Å². The van der Waals surface area contributed by atoms with E-state index in [-0.39, 0.29) is 0 Å². The van der Waals surface area contributed by atoms with Crippen molar-refractivity contribution in [3.05, 3.63) is 200 Å². The molecule has 266 valence electrons. The van der Waals surface area contributed by atoms with Crippen molar-refractivity contribution in [2.24, 2.45) is 0 Å². The largest absolute Gasteiger partial charge is 0.455 e. The van der Waals surface area contributed by atoms with E-state index >= 15 is 0 Å². The van der Waals surface area contributed by atoms with Crippen molar-refractivity contribution in [3.8, 4) is 22.3 Å². The molecule has 0 bridgehead atoms. The van der Waals surface area contributed by atoms with Crippen LogP contribution in [0.3, 0.4) is 0 Å². The van der Waals surface area contributed by atoms with Gasteiger partial charge in [0.25, 0.3) is 0 Å². The van der Waals surface area contributed by atoms with Crippen LogP contribution in [0.1, 0.15) is 0 Å². The highest BCUT2D eigenvalue weighted by Gasteiger charge is 2.23. The molecule has 2 nitrogen and oxygen atoms in total. The summed E-state index contributed by atoms with van der Waals surface area (Å²) in [5.41, 5.74) is 9.71. The quantitative estimate of drug-likeness (QED) is 0.163. The van der Waals surface area contributed by atoms with Crippen LogP contribution in [0.4, 0.5) is 17.1 Å². The van der Waals surface area contributed by atoms with E-state index in [1.165, 1.54) is 63.6 Å². The van der Waals surface area contributed by atoms with E-state index in [4.69, 9.17) is 4.42 Å². The van der Waals surface area contributed by atoms with E-state index in [1.807, 2.05) is 11.3 Å². The molecule has 0 atom stereocenters. The number of benzene rings is 10. The zero-order chi connectivity index (χ0) is 37.5. The van der Waals surface area contributed by atoms with Gasteiger partial charge in [0, 0.05) is 43.1 Å². The summed E-state index contributed by atoms with van der Waals surface area (Å²) in [6.07, 6.45) is 0. The summed E-state index contributed by atoms with van der Waals surface area (Å²) in [5.74, 6) is 0. The van der Waals surface area contributed by atoms with E-state index in [2.05, 4.69) is 205 Å². The van der Waals surface area contributed by atoms with Crippen LogP contribution in [-0.2, 0) is 0 Å². The lowest BCUT2D eigenvalue weighted by molar-refractivity contribution is 0.670. The summed E-state index contributed by atoms with van der Waals surface area (Å²) < 4.78 is 9.35. The highest BCUT2D eigenvalue weighted by molar-refractivity contribution is 7.26. The molecule has 2 heterocycles. The van der Waals surface area contributed by atoms with Crippen molar-refractivity contribution in [1.29, 1.82) is 0 Å². The smallest absolute Gasteiger partial charge is 0.143 e. The van der Waals surface area contributed by atoms with Crippen molar-refractivity contribution in [3.63, 3.8) is 0 Å². The average molecular weight is 744 g/mol. The van der Waals surface area contributed by atoms with Gasteiger partial charge in [0.2, 0.25) is 0 Å². The van der Waals surface area contributed by atoms with Gasteiger partial charge in [-0.05, 0) is 85.9 Å². The number of hydrogen-bond donors (Lipinski definition) is 0. The minimum Gasteiger partial charge on any atom is -0.455 e. The Morgan fingerprint density at radius 1 is 0.368 bits per heavy atom. The lowest BCUT2D eigenvalue weighted by Crippen LogP contribution is -2.11. The predicted octanol–water partition coefficient (Wildman–Crippen LogP) is 16.2. The Bertz CT molecular complexity index is 3540. The summed E-state index contributed by atoms with van der Waals surface area (Å²) in [5, 5.41) is 12.3. The Hall–Kier alpha value is -7.20. The van der Waals surface area contributed by atoms with Gasteiger partial charge in [0.05, 0.1) is 16.1 Å². The second-order valence-corrected chi connectivity index (χ2v) is 15.9. The lowest BCUT2D eigenvalue weighted by Gasteiger charge is -2.28. The highest BCUT2D eigenvalue weighted by Crippen LogP contribution is 2.49. The van der Waals surface area contributed by atoms with E-state index in [0.717, 1.165) is 50.1 Å². The third kappa shape index (κ3) is 5.03. The zero-order valence-electron chi connectivity index (χ0n) is 30.8. The summed E-state index contributed by atoms with van der Waals surface area (Å²) in [7, 11) is 0. The summed E-state index contributed by atoms with van der Waals surface area (Å²) in [4.78, 5) is 2.45. The molecule has 0 fully saturated rings. The lowest BCUT2D eigenvalue weighted by atomic mass is 9.94. The molecule has 0 saturated heterocycles. The molecule has 0 unspecified atom stereocenters. The van der Waals surface area contributed by atoms with Gasteiger partial charge < -0.3 is 9.32 Å². The molecule has 3 heteroatoms. The first-order valence-corrected chi connectivity index (χ1v) is 20.2. The van der Waals surface area contributed by atoms with Gasteiger partial charge in [-0.1, -0.05) is 158 Å². The number of fused-ring (bicyclic) bond motifs is 10. The van der Waals surface area contributed by atoms with Crippen molar-refractivity contribution in [2.75, 3.05) is 4.90 Å². The number of nitrogens with zero attached hydrogens (tertiary/aromatic N) is 1. The van der Waals surface area contributed by atoms with Gasteiger partial charge in [-0.3, -0.25) is 0 Å². The molecule has 0 aliphatic heterocycles. The van der Waals surface area contributed by atoms with Gasteiger partial charge in [-0.15, -0.1) is 11.3 Å². The Labute approximate surface area is 333 Å². The SMILES string of the molecule is c1ccc(N(c2ccc(-c3cccc4c3ccc3ccccc34)cc2)c2cccc3c2sc2ccccc23)c(-c2cccc3c2oc2cc4ccccc4cc23)c1. The van der Waals surface area contributed by atoms with E-state index in [0.29, 0.717) is 0 Å². The standard InChI is InChI=1S/C54H33NOS/c1-2-14-37-33-51-48(32-36(37)13-1)46-21-10-20-45(53(46)56-51)43-16-5-7-23-49(43)55(50-24-11-22-47-44-17-6-8-25-52(44)57-54(47)50)38-29-26-35(27-30-38)40-18-9-19-41-39-15-4-3-12-34(39)28-31-42(40)41/h1-33H. The van der Waals surface area contributed by atoms with Gasteiger partial charge in [-0.25, -0.2) is 0 Å². The van der Waals surface area contributed by atoms with Crippen molar-refractivity contribution in [2.45, 2.75) is 0 Å². The number of anilines is 3. The Morgan fingerprint density at radius 2 is 1.00 bits per heavy atom. The first kappa shape index (κ1) is 32.1. The van der Waals surface area contributed by atoms with E-state index in [1.54, 1.807) is 0 Å². The molecule has 0 saturated carbocycles. The normalized spacial score (nSPS) is 11.9. The first-order chi connectivity index (χ1) is 28.3. The van der Waals surface area contributed by atoms with Gasteiger partial charge in [0.15, 0.2) is 0 Å². The molecule has 0 spiro atoms. The fourth-order valence-corrected chi connectivity index (χ4v) is 10.2. The van der Waals surface area contributed by atoms with Gasteiger partial charge in [0.1, 0.15) is 11.2 Å². The maximum Gasteiger partial charge on any atom is 0.143 e. The van der Waals surface area contributed by atoms with Gasteiger partial charge in [-0.2, -0.15) is 0 Å². The second kappa shape index (κ2) is 12.7. The molecule has 12 rings (SSSR count). The number of para-hydroxylation sites is 2. The fraction of sp³-hybridized carbons (Fsp3) is 0. The highest BCUT2D eigenvalue weighted by atomic mass is 32.1. The third-order valence-electron chi connectivity index (χ3n) is 11.6. The molecular weight excluding hydrogens is 711 g/mol. The average Bonchev–Trinajstić information content (AvgIpc) is 3.84. The van der Waals surface area contributed by atoms with Crippen LogP contribution < -0.4 is 4.90 Å². The Balaban J connectivity index is 1.07. The second-order valence-electron chi connectivity index (χ2n) is 14.8. The summed E-state index contributed by atoms with van der Waals surface area (Å²) >= 11 is 1.86. The van der Waals surface area contributed by atoms with Crippen molar-refractivity contribution < 1.29 is 4.42 Å². The van der Waals surface area contributed by atoms with Crippen molar-refractivity contribution >= 4 is 103 Å². The molecule has 0 N–H and O–H groups in total. The number of thiophene rings is 1. The first-order valence-electron chi connectivity index (χ1n) is 19.4. The number of rotatable bonds is 5. The van der Waals surface area contributed by atoms with Crippen LogP contribution in [0.5, 0.6) is 0 Å². The van der Waals surface area contributed by atoms with Crippen LogP contribution in [0.2, 0.25) is 0 Å². The number of hydrogen-bond acceptors (Lipinski definition) is 3. The summed E-state index contributed by atoms with van der Waals surface area (Å²) in [6, 6.07) is 72.7. The molecule has 0 amide bonds. The van der Waals surface area contributed by atoms with Crippen LogP contribution in [0.25, 0.3) is 96.7 Å². The number of furan rings is 1. The predicted molar refractivity (Wildman–Crippen MR) is 245 cm³/mol. The molecule has 12 aromatic rings. The monoisotopic (exact) mass is 743 g/mol. The molecular formula is C54H33NOS. The van der Waals surface area contributed by atoms with Crippen LogP contribution >= 0.6 is 11.3 Å². The maximum atomic E-state index is 6.81. The fourth-order valence-electron chi connectivity index (χ4n) is 8.99. The Morgan fingerprint density at radius 3 is 1.88 bits per heavy atom. The van der Waals surface area contributed by atoms with Crippen molar-refractivity contribution in [1.82, 2.24) is 0 Å². The molecule has 0 aliphatic rings. The minimum atomic E-state index is 0.897. The van der Waals surface area contributed by atoms with Crippen LogP contribution in [-0.4, -0.2) is 0 Å². The molecule has 0 radical (unpaired) electrons. The summed E-state index contributed by atoms with van der Waals surface area (Å²) in [6.45, 7) is 0. The van der Waals surface area contributed by atoms with Crippen LogP contribution in [0, 0.1) is 0 Å². The zero-order valence-corrected chi connectivity index (χ0v) is 31.6. The molecule has 0 aliphatic carbocycles. The topological polar surface area (TPSA) is 16.4 Å². The molecule has 57 heavy (non-hydrogen) atoms. The van der Waals surface area contributed by atoms with E-state index in [9.17, 15) is 0 Å². The maximum absolute atomic E-state index is 6.81.